The summed E-state index contributed by atoms with van der Waals surface area (Å²) in [5.74, 6) is 2.91. The van der Waals surface area contributed by atoms with E-state index in [0.717, 1.165) is 44.0 Å². The highest BCUT2D eigenvalue weighted by molar-refractivity contribution is 6.40. The Morgan fingerprint density at radius 3 is 1.56 bits per heavy atom. The molecule has 1 fully saturated rings. The molecule has 0 spiro atoms. The number of allylic oxidation sites excluding steroid dienone is 8. The van der Waals surface area contributed by atoms with Crippen molar-refractivity contribution in [2.45, 2.75) is 47.0 Å². The first-order valence-electron chi connectivity index (χ1n) is 10.2. The van der Waals surface area contributed by atoms with Gasteiger partial charge in [-0.15, -0.1) is 0 Å². The molecule has 1 aliphatic heterocycles. The maximum Gasteiger partial charge on any atom is 0.171 e. The fraction of sp³-hybridized carbons (Fsp3) is 0.565. The van der Waals surface area contributed by atoms with Crippen molar-refractivity contribution in [1.82, 2.24) is 9.80 Å². The van der Waals surface area contributed by atoms with Crippen molar-refractivity contribution in [2.75, 3.05) is 27.2 Å². The molecule has 2 aliphatic carbocycles. The Bertz CT molecular complexity index is 699. The molecule has 0 bridgehead atoms. The van der Waals surface area contributed by atoms with Gasteiger partial charge < -0.3 is 9.80 Å². The lowest BCUT2D eigenvalue weighted by molar-refractivity contribution is 0.456. The largest absolute Gasteiger partial charge is 0.357 e. The zero-order valence-electron chi connectivity index (χ0n) is 17.8. The molecule has 0 unspecified atom stereocenters. The first-order valence-corrected chi connectivity index (χ1v) is 10.2. The summed E-state index contributed by atoms with van der Waals surface area (Å²) >= 11 is 0. The van der Waals surface area contributed by atoms with Crippen molar-refractivity contribution in [3.05, 3.63) is 46.8 Å². The number of aliphatic imine (C=N–C) groups is 2. The predicted octanol–water partition coefficient (Wildman–Crippen LogP) is 4.79. The van der Waals surface area contributed by atoms with Crippen LogP contribution in [0.25, 0.3) is 0 Å². The van der Waals surface area contributed by atoms with E-state index in [-0.39, 0.29) is 0 Å². The molecule has 3 rings (SSSR count). The molecule has 0 aromatic carbocycles. The van der Waals surface area contributed by atoms with Gasteiger partial charge in [0.05, 0.1) is 0 Å². The zero-order valence-corrected chi connectivity index (χ0v) is 17.8. The number of rotatable bonds is 2. The van der Waals surface area contributed by atoms with E-state index >= 15 is 0 Å². The van der Waals surface area contributed by atoms with Crippen LogP contribution in [0.4, 0.5) is 0 Å². The third-order valence-corrected chi connectivity index (χ3v) is 5.82. The van der Waals surface area contributed by atoms with Crippen LogP contribution in [-0.2, 0) is 0 Å². The van der Waals surface area contributed by atoms with Gasteiger partial charge in [0.15, 0.2) is 11.7 Å². The summed E-state index contributed by atoms with van der Waals surface area (Å²) in [6, 6.07) is 0. The smallest absolute Gasteiger partial charge is 0.171 e. The molecule has 2 atom stereocenters. The second-order valence-electron chi connectivity index (χ2n) is 8.28. The van der Waals surface area contributed by atoms with Gasteiger partial charge in [-0.1, -0.05) is 38.2 Å². The number of nitrogens with zero attached hydrogens (tertiary/aromatic N) is 4. The molecule has 0 aromatic heterocycles. The molecule has 0 amide bonds. The van der Waals surface area contributed by atoms with E-state index in [1.807, 2.05) is 0 Å². The third kappa shape index (κ3) is 4.26. The molecule has 3 aliphatic rings. The molecule has 1 heterocycles. The molecule has 4 heteroatoms. The number of likely N-dealkylation sites (N-methyl/N-ethyl adjacent to an activating group) is 2. The van der Waals surface area contributed by atoms with Gasteiger partial charge in [0.2, 0.25) is 0 Å². The monoisotopic (exact) mass is 366 g/mol. The van der Waals surface area contributed by atoms with Gasteiger partial charge in [-0.25, -0.2) is 9.98 Å². The van der Waals surface area contributed by atoms with Crippen LogP contribution >= 0.6 is 0 Å². The first-order chi connectivity index (χ1) is 12.9. The van der Waals surface area contributed by atoms with Crippen LogP contribution in [0.2, 0.25) is 0 Å². The lowest BCUT2D eigenvalue weighted by atomic mass is 9.94. The average molecular weight is 367 g/mol. The van der Waals surface area contributed by atoms with Crippen LogP contribution in [-0.4, -0.2) is 48.7 Å². The van der Waals surface area contributed by atoms with Crippen LogP contribution in [0, 0.1) is 11.8 Å². The van der Waals surface area contributed by atoms with Crippen molar-refractivity contribution in [3.8, 4) is 0 Å². The Morgan fingerprint density at radius 1 is 0.778 bits per heavy atom. The van der Waals surface area contributed by atoms with Gasteiger partial charge in [-0.2, -0.15) is 0 Å². The summed E-state index contributed by atoms with van der Waals surface area (Å²) in [6.07, 6.45) is 12.2. The van der Waals surface area contributed by atoms with E-state index in [1.165, 1.54) is 22.5 Å². The molecule has 27 heavy (non-hydrogen) atoms. The van der Waals surface area contributed by atoms with Crippen molar-refractivity contribution in [3.63, 3.8) is 0 Å². The number of amidine groups is 2. The summed E-state index contributed by atoms with van der Waals surface area (Å²) < 4.78 is 0. The second kappa shape index (κ2) is 8.28. The molecule has 0 N–H and O–H groups in total. The summed E-state index contributed by atoms with van der Waals surface area (Å²) in [6.45, 7) is 10.9. The second-order valence-corrected chi connectivity index (χ2v) is 8.28. The van der Waals surface area contributed by atoms with E-state index in [4.69, 9.17) is 9.98 Å². The number of hydrogen-bond donors (Lipinski definition) is 0. The molecule has 0 radical (unpaired) electrons. The van der Waals surface area contributed by atoms with Gasteiger partial charge in [0.1, 0.15) is 0 Å². The Hall–Kier alpha value is -2.10. The molecule has 0 aromatic rings. The normalized spacial score (nSPS) is 30.0. The third-order valence-electron chi connectivity index (χ3n) is 5.82. The van der Waals surface area contributed by atoms with E-state index in [1.54, 1.807) is 0 Å². The minimum atomic E-state index is 0.447. The minimum Gasteiger partial charge on any atom is -0.357 e. The summed E-state index contributed by atoms with van der Waals surface area (Å²) in [5, 5.41) is 0. The quantitative estimate of drug-likeness (QED) is 0.703. The van der Waals surface area contributed by atoms with Crippen molar-refractivity contribution < 1.29 is 0 Å². The standard InChI is InChI=1S/C23H34N4/c1-16-10-7-11-17(2)20(16)24-22-23(27(6)15-9-14-26(22)5)25-21-18(3)12-8-13-19(21)4/h7-8,10,12,17,19H,9,11,13-15H2,1-6H3/t17-,19+. The Balaban J connectivity index is 2.12. The first kappa shape index (κ1) is 19.7. The van der Waals surface area contributed by atoms with Gasteiger partial charge >= 0.3 is 0 Å². The summed E-state index contributed by atoms with van der Waals surface area (Å²) in [7, 11) is 4.30. The van der Waals surface area contributed by atoms with Crippen LogP contribution in [0.15, 0.2) is 56.8 Å². The molecule has 1 saturated heterocycles. The highest BCUT2D eigenvalue weighted by atomic mass is 15.3. The lowest BCUT2D eigenvalue weighted by Crippen LogP contribution is -2.39. The van der Waals surface area contributed by atoms with Gasteiger partial charge in [0, 0.05) is 50.4 Å². The van der Waals surface area contributed by atoms with Crippen LogP contribution < -0.4 is 0 Å². The van der Waals surface area contributed by atoms with Crippen LogP contribution in [0.3, 0.4) is 0 Å². The van der Waals surface area contributed by atoms with E-state index < -0.39 is 0 Å². The minimum absolute atomic E-state index is 0.447. The average Bonchev–Trinajstić information content (AvgIpc) is 2.74. The van der Waals surface area contributed by atoms with Gasteiger partial charge in [0.25, 0.3) is 0 Å². The van der Waals surface area contributed by atoms with E-state index in [2.05, 4.69) is 75.9 Å². The Morgan fingerprint density at radius 2 is 1.19 bits per heavy atom. The molecule has 4 nitrogen and oxygen atoms in total. The summed E-state index contributed by atoms with van der Waals surface area (Å²) in [4.78, 5) is 15.0. The topological polar surface area (TPSA) is 31.2 Å². The Kier molecular flexibility index (Phi) is 6.03. The van der Waals surface area contributed by atoms with Crippen molar-refractivity contribution in [2.24, 2.45) is 21.8 Å². The predicted molar refractivity (Wildman–Crippen MR) is 116 cm³/mol. The maximum atomic E-state index is 5.20. The molecular formula is C23H34N4. The highest BCUT2D eigenvalue weighted by Crippen LogP contribution is 2.29. The maximum absolute atomic E-state index is 5.20. The summed E-state index contributed by atoms with van der Waals surface area (Å²) in [5.41, 5.74) is 4.94. The van der Waals surface area contributed by atoms with Crippen LogP contribution in [0.5, 0.6) is 0 Å². The molecule has 0 saturated carbocycles. The highest BCUT2D eigenvalue weighted by Gasteiger charge is 2.26. The zero-order chi connectivity index (χ0) is 19.6. The van der Waals surface area contributed by atoms with Crippen molar-refractivity contribution in [1.29, 1.82) is 0 Å². The molecule has 146 valence electrons. The lowest BCUT2D eigenvalue weighted by Gasteiger charge is -2.27. The SMILES string of the molecule is CC1=C(N=C2C(=NC3=C(C)C=CC[C@@H]3C)N(C)CCCN2C)[C@H](C)CC=C1. The van der Waals surface area contributed by atoms with E-state index in [0.29, 0.717) is 11.8 Å². The Labute approximate surface area is 164 Å². The van der Waals surface area contributed by atoms with Gasteiger partial charge in [-0.3, -0.25) is 0 Å². The van der Waals surface area contributed by atoms with Crippen LogP contribution in [0.1, 0.15) is 47.0 Å². The van der Waals surface area contributed by atoms with E-state index in [9.17, 15) is 0 Å². The fourth-order valence-electron chi connectivity index (χ4n) is 4.06. The van der Waals surface area contributed by atoms with Crippen molar-refractivity contribution >= 4 is 11.7 Å². The number of hydrogen-bond acceptors (Lipinski definition) is 2. The van der Waals surface area contributed by atoms with Gasteiger partial charge in [-0.05, 0) is 44.3 Å². The molecular weight excluding hydrogens is 332 g/mol. The fourth-order valence-corrected chi connectivity index (χ4v) is 4.06.